The van der Waals surface area contributed by atoms with Crippen molar-refractivity contribution in [1.82, 2.24) is 4.90 Å². The Morgan fingerprint density at radius 1 is 1.52 bits per heavy atom. The van der Waals surface area contributed by atoms with Crippen LogP contribution in [-0.4, -0.2) is 46.0 Å². The molecule has 0 spiro atoms. The van der Waals surface area contributed by atoms with Crippen LogP contribution < -0.4 is 0 Å². The first-order valence-corrected chi connectivity index (χ1v) is 8.00. The van der Waals surface area contributed by atoms with Crippen molar-refractivity contribution >= 4 is 23.6 Å². The van der Waals surface area contributed by atoms with Crippen LogP contribution in [-0.2, 0) is 9.59 Å². The first-order chi connectivity index (χ1) is 9.99. The molecule has 1 amide bonds. The molecule has 114 valence electrons. The van der Waals surface area contributed by atoms with Crippen molar-refractivity contribution < 1.29 is 19.1 Å². The number of carbonyl (C=O) groups is 2. The van der Waals surface area contributed by atoms with Gasteiger partial charge < -0.3 is 10.0 Å². The van der Waals surface area contributed by atoms with E-state index in [-0.39, 0.29) is 24.2 Å². The van der Waals surface area contributed by atoms with E-state index in [4.69, 9.17) is 5.11 Å². The Hall–Kier alpha value is -1.56. The van der Waals surface area contributed by atoms with Crippen molar-refractivity contribution in [3.05, 3.63) is 35.6 Å². The molecule has 21 heavy (non-hydrogen) atoms. The van der Waals surface area contributed by atoms with E-state index in [0.717, 1.165) is 5.75 Å². The Kier molecular flexibility index (Phi) is 5.22. The number of thioether (sulfide) groups is 1. The minimum absolute atomic E-state index is 0.0470. The van der Waals surface area contributed by atoms with E-state index in [2.05, 4.69) is 0 Å². The maximum Gasteiger partial charge on any atom is 0.305 e. The lowest BCUT2D eigenvalue weighted by Gasteiger charge is -2.36. The number of halogens is 1. The van der Waals surface area contributed by atoms with Gasteiger partial charge in [-0.1, -0.05) is 12.1 Å². The molecule has 0 aromatic heterocycles. The van der Waals surface area contributed by atoms with E-state index < -0.39 is 11.9 Å². The summed E-state index contributed by atoms with van der Waals surface area (Å²) in [7, 11) is 0. The number of rotatable bonds is 4. The molecule has 1 saturated heterocycles. The molecule has 4 nitrogen and oxygen atoms in total. The monoisotopic (exact) mass is 311 g/mol. The Morgan fingerprint density at radius 3 is 2.95 bits per heavy atom. The Morgan fingerprint density at radius 2 is 2.29 bits per heavy atom. The molecule has 0 aliphatic carbocycles. The Labute approximate surface area is 127 Å². The Balaban J connectivity index is 2.14. The molecule has 1 fully saturated rings. The Bertz CT molecular complexity index is 537. The highest BCUT2D eigenvalue weighted by Gasteiger charge is 2.31. The maximum atomic E-state index is 13.3. The van der Waals surface area contributed by atoms with Crippen LogP contribution in [0.15, 0.2) is 24.3 Å². The van der Waals surface area contributed by atoms with Crippen LogP contribution in [0.4, 0.5) is 4.39 Å². The van der Waals surface area contributed by atoms with Crippen LogP contribution in [0.25, 0.3) is 0 Å². The van der Waals surface area contributed by atoms with Crippen molar-refractivity contribution in [2.75, 3.05) is 18.1 Å². The van der Waals surface area contributed by atoms with E-state index >= 15 is 0 Å². The second-order valence-electron chi connectivity index (χ2n) is 5.13. The van der Waals surface area contributed by atoms with Gasteiger partial charge in [0.1, 0.15) is 5.82 Å². The van der Waals surface area contributed by atoms with Gasteiger partial charge in [0.2, 0.25) is 5.91 Å². The summed E-state index contributed by atoms with van der Waals surface area (Å²) in [6, 6.07) is 5.70. The number of nitrogens with zero attached hydrogens (tertiary/aromatic N) is 1. The van der Waals surface area contributed by atoms with Crippen LogP contribution in [0.1, 0.15) is 24.8 Å². The second kappa shape index (κ2) is 6.93. The third-order valence-corrected chi connectivity index (χ3v) is 4.73. The lowest BCUT2D eigenvalue weighted by Crippen LogP contribution is -2.48. The molecule has 6 heteroatoms. The van der Waals surface area contributed by atoms with E-state index in [1.165, 1.54) is 12.1 Å². The average molecular weight is 311 g/mol. The molecule has 1 N–H and O–H groups in total. The van der Waals surface area contributed by atoms with Gasteiger partial charge in [-0.25, -0.2) is 4.39 Å². The van der Waals surface area contributed by atoms with Gasteiger partial charge in [-0.05, 0) is 24.6 Å². The highest BCUT2D eigenvalue weighted by atomic mass is 32.2. The molecular formula is C15H18FNO3S. The number of amides is 1. The summed E-state index contributed by atoms with van der Waals surface area (Å²) in [5.74, 6) is -0.444. The summed E-state index contributed by atoms with van der Waals surface area (Å²) < 4.78 is 13.3. The summed E-state index contributed by atoms with van der Waals surface area (Å²) in [6.07, 6.45) is -0.0470. The molecule has 1 aliphatic rings. The number of hydrogen-bond donors (Lipinski definition) is 1. The second-order valence-corrected chi connectivity index (χ2v) is 6.28. The number of hydrogen-bond acceptors (Lipinski definition) is 3. The van der Waals surface area contributed by atoms with Crippen molar-refractivity contribution in [1.29, 1.82) is 0 Å². The molecule has 0 saturated carbocycles. The summed E-state index contributed by atoms with van der Waals surface area (Å²) in [5, 5.41) is 8.96. The minimum atomic E-state index is -0.904. The zero-order chi connectivity index (χ0) is 15.4. The zero-order valence-electron chi connectivity index (χ0n) is 11.8. The number of carboxylic acids is 1. The van der Waals surface area contributed by atoms with Crippen LogP contribution in [0.2, 0.25) is 0 Å². The molecule has 1 aliphatic heterocycles. The molecule has 0 bridgehead atoms. The van der Waals surface area contributed by atoms with Crippen LogP contribution in [0.5, 0.6) is 0 Å². The van der Waals surface area contributed by atoms with Crippen LogP contribution >= 0.6 is 11.8 Å². The summed E-state index contributed by atoms with van der Waals surface area (Å²) in [5.41, 5.74) is 0.618. The molecule has 2 atom stereocenters. The quantitative estimate of drug-likeness (QED) is 0.927. The van der Waals surface area contributed by atoms with Gasteiger partial charge in [0.05, 0.1) is 18.4 Å². The average Bonchev–Trinajstić information content (AvgIpc) is 2.46. The van der Waals surface area contributed by atoms with Crippen molar-refractivity contribution in [3.63, 3.8) is 0 Å². The van der Waals surface area contributed by atoms with Gasteiger partial charge in [0.15, 0.2) is 0 Å². The lowest BCUT2D eigenvalue weighted by atomic mass is 9.98. The fraction of sp³-hybridized carbons (Fsp3) is 0.467. The lowest BCUT2D eigenvalue weighted by molar-refractivity contribution is -0.140. The fourth-order valence-electron chi connectivity index (χ4n) is 2.48. The van der Waals surface area contributed by atoms with E-state index in [0.29, 0.717) is 17.9 Å². The van der Waals surface area contributed by atoms with Crippen LogP contribution in [0, 0.1) is 5.82 Å². The number of carboxylic acid groups (broad SMARTS) is 1. The van der Waals surface area contributed by atoms with Gasteiger partial charge >= 0.3 is 5.97 Å². The molecule has 1 heterocycles. The minimum Gasteiger partial charge on any atom is -0.481 e. The first-order valence-electron chi connectivity index (χ1n) is 6.84. The van der Waals surface area contributed by atoms with Crippen molar-refractivity contribution in [2.45, 2.75) is 25.3 Å². The molecular weight excluding hydrogens is 293 g/mol. The highest BCUT2D eigenvalue weighted by Crippen LogP contribution is 2.25. The van der Waals surface area contributed by atoms with Crippen LogP contribution in [0.3, 0.4) is 0 Å². The number of benzene rings is 1. The third kappa shape index (κ3) is 3.97. The largest absolute Gasteiger partial charge is 0.481 e. The van der Waals surface area contributed by atoms with Gasteiger partial charge in [0.25, 0.3) is 0 Å². The van der Waals surface area contributed by atoms with Crippen molar-refractivity contribution in [3.8, 4) is 0 Å². The first kappa shape index (κ1) is 15.8. The normalized spacial score (nSPS) is 20.1. The van der Waals surface area contributed by atoms with Gasteiger partial charge in [-0.2, -0.15) is 11.8 Å². The molecule has 1 aromatic carbocycles. The summed E-state index contributed by atoms with van der Waals surface area (Å²) in [4.78, 5) is 25.2. The number of aliphatic carboxylic acids is 1. The summed E-state index contributed by atoms with van der Waals surface area (Å²) in [6.45, 7) is 2.28. The SMILES string of the molecule is CC(C(=O)N1CCSCC1CC(=O)O)c1cccc(F)c1. The van der Waals surface area contributed by atoms with Gasteiger partial charge in [-0.15, -0.1) is 0 Å². The van der Waals surface area contributed by atoms with Gasteiger partial charge in [0, 0.05) is 18.1 Å². The predicted molar refractivity (Wildman–Crippen MR) is 79.9 cm³/mol. The topological polar surface area (TPSA) is 57.6 Å². The molecule has 0 radical (unpaired) electrons. The molecule has 2 unspecified atom stereocenters. The number of carbonyl (C=O) groups excluding carboxylic acids is 1. The van der Waals surface area contributed by atoms with Crippen molar-refractivity contribution in [2.24, 2.45) is 0 Å². The van der Waals surface area contributed by atoms with E-state index in [9.17, 15) is 14.0 Å². The molecule has 1 aromatic rings. The predicted octanol–water partition coefficient (Wildman–Crippen LogP) is 2.35. The summed E-state index contributed by atoms with van der Waals surface area (Å²) >= 11 is 1.66. The van der Waals surface area contributed by atoms with Gasteiger partial charge in [-0.3, -0.25) is 9.59 Å². The van der Waals surface area contributed by atoms with E-state index in [1.807, 2.05) is 0 Å². The standard InChI is InChI=1S/C15H18FNO3S/c1-10(11-3-2-4-12(16)7-11)15(20)17-5-6-21-9-13(17)8-14(18)19/h2-4,7,10,13H,5-6,8-9H2,1H3,(H,18,19). The maximum absolute atomic E-state index is 13.3. The fourth-order valence-corrected chi connectivity index (χ4v) is 3.55. The highest BCUT2D eigenvalue weighted by molar-refractivity contribution is 7.99. The zero-order valence-corrected chi connectivity index (χ0v) is 12.6. The molecule has 2 rings (SSSR count). The smallest absolute Gasteiger partial charge is 0.305 e. The van der Waals surface area contributed by atoms with E-state index in [1.54, 1.807) is 35.7 Å². The third-order valence-electron chi connectivity index (χ3n) is 3.64.